The number of nitrogens with one attached hydrogen (secondary N) is 3. The number of carbonyl (C=O) groups excluding carboxylic acids is 1. The number of amides is 1. The minimum absolute atomic E-state index is 0.0638. The molecular weight excluding hydrogens is 472 g/mol. The van der Waals surface area contributed by atoms with E-state index in [1.54, 1.807) is 4.90 Å². The Balaban J connectivity index is 0.000000162. The quantitative estimate of drug-likeness (QED) is 0.549. The normalized spacial score (nSPS) is 27.3. The van der Waals surface area contributed by atoms with Gasteiger partial charge in [-0.2, -0.15) is 10.2 Å². The lowest BCUT2D eigenvalue weighted by Crippen LogP contribution is -2.45. The fourth-order valence-corrected chi connectivity index (χ4v) is 5.62. The van der Waals surface area contributed by atoms with Crippen LogP contribution in [0.3, 0.4) is 0 Å². The van der Waals surface area contributed by atoms with Crippen LogP contribution in [0.4, 0.5) is 4.79 Å². The first-order chi connectivity index (χ1) is 17.7. The molecule has 0 spiro atoms. The van der Waals surface area contributed by atoms with Crippen molar-refractivity contribution in [1.82, 2.24) is 30.6 Å². The topological polar surface area (TPSA) is 117 Å². The Kier molecular flexibility index (Phi) is 7.60. The van der Waals surface area contributed by atoms with Crippen LogP contribution in [0.5, 0.6) is 0 Å². The average molecular weight is 515 g/mol. The second kappa shape index (κ2) is 10.7. The van der Waals surface area contributed by atoms with Gasteiger partial charge in [0.2, 0.25) is 0 Å². The third kappa shape index (κ3) is 5.86. The van der Waals surface area contributed by atoms with Crippen LogP contribution in [-0.4, -0.2) is 62.3 Å². The van der Waals surface area contributed by atoms with Crippen molar-refractivity contribution in [2.24, 2.45) is 0 Å². The van der Waals surface area contributed by atoms with E-state index in [0.717, 1.165) is 80.9 Å². The SMILES string of the molecule is C[C@H]1Cc2[nH]nc(C3CCCO3)c2CN1.C[C@H]1Cc2[nH]nc(C3CCCO3)c2CN1C(=O)OC(C)(C)C. The number of hydrogen-bond donors (Lipinski definition) is 3. The monoisotopic (exact) mass is 514 g/mol. The van der Waals surface area contributed by atoms with Crippen LogP contribution in [-0.2, 0) is 40.1 Å². The number of aromatic nitrogens is 4. The van der Waals surface area contributed by atoms with Gasteiger partial charge in [0.05, 0.1) is 17.9 Å². The highest BCUT2D eigenvalue weighted by atomic mass is 16.6. The molecule has 4 atom stereocenters. The van der Waals surface area contributed by atoms with E-state index in [1.165, 1.54) is 11.3 Å². The molecule has 0 aromatic carbocycles. The van der Waals surface area contributed by atoms with Crippen LogP contribution in [0.1, 0.15) is 106 Å². The van der Waals surface area contributed by atoms with E-state index in [2.05, 4.69) is 32.6 Å². The smallest absolute Gasteiger partial charge is 0.410 e. The van der Waals surface area contributed by atoms with Crippen LogP contribution in [0, 0.1) is 0 Å². The molecule has 0 aliphatic carbocycles. The molecule has 37 heavy (non-hydrogen) atoms. The number of ether oxygens (including phenoxy) is 3. The molecule has 0 saturated carbocycles. The van der Waals surface area contributed by atoms with Crippen LogP contribution < -0.4 is 5.32 Å². The lowest BCUT2D eigenvalue weighted by atomic mass is 9.97. The van der Waals surface area contributed by atoms with E-state index in [1.807, 2.05) is 27.7 Å². The molecule has 2 unspecified atom stereocenters. The van der Waals surface area contributed by atoms with Crippen molar-refractivity contribution in [3.8, 4) is 0 Å². The summed E-state index contributed by atoms with van der Waals surface area (Å²) in [7, 11) is 0. The summed E-state index contributed by atoms with van der Waals surface area (Å²) in [6.45, 7) is 13.1. The van der Waals surface area contributed by atoms with Gasteiger partial charge in [0, 0.05) is 67.2 Å². The molecule has 0 bridgehead atoms. The van der Waals surface area contributed by atoms with Crippen molar-refractivity contribution in [3.63, 3.8) is 0 Å². The van der Waals surface area contributed by atoms with Gasteiger partial charge < -0.3 is 24.4 Å². The summed E-state index contributed by atoms with van der Waals surface area (Å²) in [5, 5.41) is 18.6. The third-order valence-electron chi connectivity index (χ3n) is 7.56. The predicted molar refractivity (Wildman–Crippen MR) is 138 cm³/mol. The van der Waals surface area contributed by atoms with Gasteiger partial charge in [-0.15, -0.1) is 0 Å². The number of fused-ring (bicyclic) bond motifs is 2. The maximum atomic E-state index is 12.4. The van der Waals surface area contributed by atoms with Gasteiger partial charge in [-0.1, -0.05) is 0 Å². The number of rotatable bonds is 2. The van der Waals surface area contributed by atoms with Crippen molar-refractivity contribution >= 4 is 6.09 Å². The summed E-state index contributed by atoms with van der Waals surface area (Å²) >= 11 is 0. The van der Waals surface area contributed by atoms with Crippen molar-refractivity contribution < 1.29 is 19.0 Å². The summed E-state index contributed by atoms with van der Waals surface area (Å²) in [6, 6.07) is 0.649. The van der Waals surface area contributed by atoms with E-state index in [-0.39, 0.29) is 24.3 Å². The molecular formula is C27H42N6O4. The molecule has 2 aromatic heterocycles. The van der Waals surface area contributed by atoms with Gasteiger partial charge in [-0.25, -0.2) is 4.79 Å². The van der Waals surface area contributed by atoms with Crippen molar-refractivity contribution in [3.05, 3.63) is 33.9 Å². The maximum Gasteiger partial charge on any atom is 0.410 e. The Morgan fingerprint density at radius 1 is 0.946 bits per heavy atom. The van der Waals surface area contributed by atoms with Crippen molar-refractivity contribution in [2.45, 2.75) is 116 Å². The molecule has 6 heterocycles. The highest BCUT2D eigenvalue weighted by molar-refractivity contribution is 5.69. The van der Waals surface area contributed by atoms with E-state index in [4.69, 9.17) is 14.2 Å². The zero-order chi connectivity index (χ0) is 26.2. The van der Waals surface area contributed by atoms with Crippen LogP contribution in [0.25, 0.3) is 0 Å². The molecule has 0 radical (unpaired) electrons. The van der Waals surface area contributed by atoms with E-state index in [9.17, 15) is 4.79 Å². The van der Waals surface area contributed by atoms with Gasteiger partial charge in [0.25, 0.3) is 0 Å². The van der Waals surface area contributed by atoms with Gasteiger partial charge in [0.15, 0.2) is 0 Å². The summed E-state index contributed by atoms with van der Waals surface area (Å²) < 4.78 is 17.0. The minimum atomic E-state index is -0.481. The Morgan fingerprint density at radius 3 is 2.11 bits per heavy atom. The number of aromatic amines is 2. The van der Waals surface area contributed by atoms with E-state index in [0.29, 0.717) is 12.6 Å². The summed E-state index contributed by atoms with van der Waals surface area (Å²) in [5.41, 5.74) is 6.50. The zero-order valence-corrected chi connectivity index (χ0v) is 22.9. The van der Waals surface area contributed by atoms with Gasteiger partial charge in [-0.3, -0.25) is 10.2 Å². The lowest BCUT2D eigenvalue weighted by Gasteiger charge is -2.35. The maximum absolute atomic E-state index is 12.4. The number of nitrogens with zero attached hydrogens (tertiary/aromatic N) is 3. The first-order valence-corrected chi connectivity index (χ1v) is 13.8. The highest BCUT2D eigenvalue weighted by Gasteiger charge is 2.35. The number of carbonyl (C=O) groups is 1. The molecule has 4 aliphatic heterocycles. The predicted octanol–water partition coefficient (Wildman–Crippen LogP) is 4.24. The summed E-state index contributed by atoms with van der Waals surface area (Å²) in [5.74, 6) is 0. The minimum Gasteiger partial charge on any atom is -0.444 e. The second-order valence-corrected chi connectivity index (χ2v) is 11.8. The molecule has 1 amide bonds. The van der Waals surface area contributed by atoms with Gasteiger partial charge in [0.1, 0.15) is 17.8 Å². The van der Waals surface area contributed by atoms with Crippen LogP contribution >= 0.6 is 0 Å². The second-order valence-electron chi connectivity index (χ2n) is 11.8. The summed E-state index contributed by atoms with van der Waals surface area (Å²) in [6.07, 6.45) is 6.21. The van der Waals surface area contributed by atoms with E-state index >= 15 is 0 Å². The fraction of sp³-hybridized carbons (Fsp3) is 0.741. The molecule has 6 rings (SSSR count). The average Bonchev–Trinajstić information content (AvgIpc) is 3.63. The molecule has 204 valence electrons. The Labute approximate surface area is 219 Å². The first-order valence-electron chi connectivity index (χ1n) is 13.8. The highest BCUT2D eigenvalue weighted by Crippen LogP contribution is 2.35. The first kappa shape index (κ1) is 26.2. The Hall–Kier alpha value is -2.43. The standard InChI is InChI=1S/C16H25N3O3.C11H17N3O/c1-10-8-12-11(9-19(10)15(20)22-16(2,3)4)14(18-17-12)13-6-5-7-21-13;1-7-5-9-8(6-12-7)11(14-13-9)10-3-2-4-15-10/h10,13H,5-9H2,1-4H3,(H,17,18);7,10,12H,2-6H2,1H3,(H,13,14)/t10-,13?;7-,10?/m00/s1. The fourth-order valence-electron chi connectivity index (χ4n) is 5.62. The Bertz CT molecular complexity index is 1080. The molecule has 2 aromatic rings. The van der Waals surface area contributed by atoms with Crippen molar-refractivity contribution in [2.75, 3.05) is 13.2 Å². The van der Waals surface area contributed by atoms with Crippen LogP contribution in [0.2, 0.25) is 0 Å². The van der Waals surface area contributed by atoms with Crippen molar-refractivity contribution in [1.29, 1.82) is 0 Å². The number of H-pyrrole nitrogens is 2. The molecule has 10 heteroatoms. The molecule has 10 nitrogen and oxygen atoms in total. The molecule has 4 aliphatic rings. The summed E-state index contributed by atoms with van der Waals surface area (Å²) in [4.78, 5) is 14.2. The van der Waals surface area contributed by atoms with Gasteiger partial charge in [-0.05, 0) is 60.3 Å². The molecule has 2 fully saturated rings. The largest absolute Gasteiger partial charge is 0.444 e. The third-order valence-corrected chi connectivity index (χ3v) is 7.56. The van der Waals surface area contributed by atoms with E-state index < -0.39 is 5.60 Å². The Morgan fingerprint density at radius 2 is 1.54 bits per heavy atom. The zero-order valence-electron chi connectivity index (χ0n) is 22.9. The van der Waals surface area contributed by atoms with Gasteiger partial charge >= 0.3 is 6.09 Å². The number of hydrogen-bond acceptors (Lipinski definition) is 7. The molecule has 3 N–H and O–H groups in total. The van der Waals surface area contributed by atoms with Crippen LogP contribution in [0.15, 0.2) is 0 Å². The molecule has 2 saturated heterocycles. The lowest BCUT2D eigenvalue weighted by molar-refractivity contribution is 0.0134.